The van der Waals surface area contributed by atoms with Gasteiger partial charge < -0.3 is 16.0 Å². The standard InChI is InChI=1S/C18H25N5.HI/c1-2-19-18(22-13-14-7-8-14)21-12-11-20-17-10-9-15-5-3-4-6-16(15)23-17;/h3-6,9-10,14H,2,7-8,11-13H2,1H3,(H,20,23)(H2,19,21,22);1H. The molecule has 1 aliphatic rings. The first kappa shape index (κ1) is 18.8. The minimum Gasteiger partial charge on any atom is -0.368 e. The van der Waals surface area contributed by atoms with Crippen molar-refractivity contribution in [1.82, 2.24) is 15.6 Å². The quantitative estimate of drug-likeness (QED) is 0.268. The summed E-state index contributed by atoms with van der Waals surface area (Å²) in [4.78, 5) is 9.22. The molecule has 0 radical (unpaired) electrons. The van der Waals surface area contributed by atoms with Crippen LogP contribution in [0.2, 0.25) is 0 Å². The molecule has 1 heterocycles. The summed E-state index contributed by atoms with van der Waals surface area (Å²) in [5.41, 5.74) is 1.02. The van der Waals surface area contributed by atoms with Gasteiger partial charge in [-0.2, -0.15) is 0 Å². The van der Waals surface area contributed by atoms with Crippen molar-refractivity contribution < 1.29 is 0 Å². The summed E-state index contributed by atoms with van der Waals surface area (Å²) < 4.78 is 0. The van der Waals surface area contributed by atoms with Crippen LogP contribution < -0.4 is 16.0 Å². The molecule has 3 N–H and O–H groups in total. The van der Waals surface area contributed by atoms with Gasteiger partial charge in [-0.05, 0) is 43.9 Å². The highest BCUT2D eigenvalue weighted by Gasteiger charge is 2.20. The number of benzene rings is 1. The fourth-order valence-electron chi connectivity index (χ4n) is 2.40. The lowest BCUT2D eigenvalue weighted by Crippen LogP contribution is -2.39. The van der Waals surface area contributed by atoms with Crippen LogP contribution in [0.15, 0.2) is 41.4 Å². The Morgan fingerprint density at radius 2 is 1.96 bits per heavy atom. The molecule has 1 fully saturated rings. The molecule has 5 nitrogen and oxygen atoms in total. The van der Waals surface area contributed by atoms with Crippen LogP contribution in [0.5, 0.6) is 0 Å². The molecule has 130 valence electrons. The van der Waals surface area contributed by atoms with E-state index in [0.717, 1.165) is 54.8 Å². The smallest absolute Gasteiger partial charge is 0.191 e. The molecule has 0 atom stereocenters. The molecule has 0 bridgehead atoms. The van der Waals surface area contributed by atoms with Crippen molar-refractivity contribution in [2.75, 3.05) is 31.5 Å². The second kappa shape index (κ2) is 9.66. The summed E-state index contributed by atoms with van der Waals surface area (Å²) in [5, 5.41) is 11.2. The molecule has 1 aliphatic carbocycles. The van der Waals surface area contributed by atoms with E-state index in [1.165, 1.54) is 12.8 Å². The number of rotatable bonds is 7. The third-order valence-electron chi connectivity index (χ3n) is 3.87. The lowest BCUT2D eigenvalue weighted by Gasteiger charge is -2.12. The van der Waals surface area contributed by atoms with E-state index in [1.54, 1.807) is 0 Å². The second-order valence-electron chi connectivity index (χ2n) is 5.91. The van der Waals surface area contributed by atoms with E-state index in [-0.39, 0.29) is 24.0 Å². The van der Waals surface area contributed by atoms with Gasteiger partial charge in [0.05, 0.1) is 5.52 Å². The minimum absolute atomic E-state index is 0. The van der Waals surface area contributed by atoms with Gasteiger partial charge in [-0.1, -0.05) is 18.2 Å². The number of nitrogens with one attached hydrogen (secondary N) is 3. The Morgan fingerprint density at radius 3 is 2.75 bits per heavy atom. The molecule has 0 aliphatic heterocycles. The number of nitrogens with zero attached hydrogens (tertiary/aromatic N) is 2. The Balaban J connectivity index is 0.00000208. The minimum atomic E-state index is 0. The maximum Gasteiger partial charge on any atom is 0.191 e. The molecule has 24 heavy (non-hydrogen) atoms. The number of hydrogen-bond donors (Lipinski definition) is 3. The van der Waals surface area contributed by atoms with Crippen LogP contribution in [0.3, 0.4) is 0 Å². The first-order chi connectivity index (χ1) is 11.3. The monoisotopic (exact) mass is 439 g/mol. The Bertz CT molecular complexity index is 669. The van der Waals surface area contributed by atoms with Crippen molar-refractivity contribution >= 4 is 46.7 Å². The van der Waals surface area contributed by atoms with E-state index in [2.05, 4.69) is 45.0 Å². The molecule has 3 rings (SSSR count). The van der Waals surface area contributed by atoms with Gasteiger partial charge in [0.25, 0.3) is 0 Å². The lowest BCUT2D eigenvalue weighted by atomic mass is 10.2. The highest BCUT2D eigenvalue weighted by molar-refractivity contribution is 14.0. The van der Waals surface area contributed by atoms with Crippen molar-refractivity contribution in [3.63, 3.8) is 0 Å². The zero-order chi connectivity index (χ0) is 15.9. The first-order valence-electron chi connectivity index (χ1n) is 8.47. The van der Waals surface area contributed by atoms with Gasteiger partial charge in [0.1, 0.15) is 5.82 Å². The van der Waals surface area contributed by atoms with Crippen molar-refractivity contribution in [2.45, 2.75) is 19.8 Å². The van der Waals surface area contributed by atoms with Gasteiger partial charge in [-0.15, -0.1) is 24.0 Å². The van der Waals surface area contributed by atoms with E-state index in [0.29, 0.717) is 0 Å². The van der Waals surface area contributed by atoms with Crippen molar-refractivity contribution in [1.29, 1.82) is 0 Å². The van der Waals surface area contributed by atoms with Crippen LogP contribution in [-0.2, 0) is 0 Å². The normalized spacial score (nSPS) is 14.1. The molecule has 1 aromatic heterocycles. The summed E-state index contributed by atoms with van der Waals surface area (Å²) in [6.45, 7) is 5.53. The zero-order valence-corrected chi connectivity index (χ0v) is 16.4. The third kappa shape index (κ3) is 5.81. The molecular weight excluding hydrogens is 413 g/mol. The topological polar surface area (TPSA) is 61.3 Å². The molecule has 0 unspecified atom stereocenters. The van der Waals surface area contributed by atoms with Crippen molar-refractivity contribution in [3.05, 3.63) is 36.4 Å². The summed E-state index contributed by atoms with van der Waals surface area (Å²) in [5.74, 6) is 2.63. The molecule has 0 amide bonds. The molecule has 1 aromatic carbocycles. The van der Waals surface area contributed by atoms with E-state index < -0.39 is 0 Å². The van der Waals surface area contributed by atoms with Gasteiger partial charge in [0.2, 0.25) is 0 Å². The van der Waals surface area contributed by atoms with Crippen LogP contribution in [0.25, 0.3) is 10.9 Å². The molecule has 1 saturated carbocycles. The predicted octanol–water partition coefficient (Wildman–Crippen LogP) is 3.23. The fraction of sp³-hybridized carbons (Fsp3) is 0.444. The average Bonchev–Trinajstić information content (AvgIpc) is 3.40. The van der Waals surface area contributed by atoms with E-state index in [1.807, 2.05) is 24.3 Å². The summed E-state index contributed by atoms with van der Waals surface area (Å²) in [6, 6.07) is 12.3. The van der Waals surface area contributed by atoms with Gasteiger partial charge in [-0.25, -0.2) is 4.98 Å². The molecule has 6 heteroatoms. The molecular formula is C18H26IN5. The van der Waals surface area contributed by atoms with Crippen LogP contribution in [-0.4, -0.2) is 37.1 Å². The number of hydrogen-bond acceptors (Lipinski definition) is 3. The fourth-order valence-corrected chi connectivity index (χ4v) is 2.40. The predicted molar refractivity (Wildman–Crippen MR) is 112 cm³/mol. The van der Waals surface area contributed by atoms with Crippen LogP contribution in [0.4, 0.5) is 5.82 Å². The van der Waals surface area contributed by atoms with Crippen molar-refractivity contribution in [2.24, 2.45) is 10.9 Å². The highest BCUT2D eigenvalue weighted by Crippen LogP contribution is 2.28. The maximum atomic E-state index is 4.61. The van der Waals surface area contributed by atoms with Crippen LogP contribution >= 0.6 is 24.0 Å². The Morgan fingerprint density at radius 1 is 1.12 bits per heavy atom. The first-order valence-corrected chi connectivity index (χ1v) is 8.47. The number of aliphatic imine (C=N–C) groups is 1. The van der Waals surface area contributed by atoms with Gasteiger partial charge in [-0.3, -0.25) is 4.99 Å². The van der Waals surface area contributed by atoms with Gasteiger partial charge >= 0.3 is 0 Å². The van der Waals surface area contributed by atoms with E-state index in [4.69, 9.17) is 0 Å². The number of halogens is 1. The molecule has 0 saturated heterocycles. The van der Waals surface area contributed by atoms with Crippen LogP contribution in [0.1, 0.15) is 19.8 Å². The largest absolute Gasteiger partial charge is 0.368 e. The molecule has 2 aromatic rings. The number of anilines is 1. The number of pyridine rings is 1. The second-order valence-corrected chi connectivity index (χ2v) is 5.91. The van der Waals surface area contributed by atoms with Gasteiger partial charge in [0.15, 0.2) is 5.96 Å². The number of guanidine groups is 1. The maximum absolute atomic E-state index is 4.61. The Hall–Kier alpha value is -1.57. The Kier molecular flexibility index (Phi) is 7.55. The number of aromatic nitrogens is 1. The van der Waals surface area contributed by atoms with Crippen molar-refractivity contribution in [3.8, 4) is 0 Å². The lowest BCUT2D eigenvalue weighted by molar-refractivity contribution is 0.788. The average molecular weight is 439 g/mol. The third-order valence-corrected chi connectivity index (χ3v) is 3.87. The number of fused-ring (bicyclic) bond motifs is 1. The Labute approximate surface area is 160 Å². The zero-order valence-electron chi connectivity index (χ0n) is 14.1. The SMILES string of the molecule is CCNC(=NCC1CC1)NCCNc1ccc2ccccc2n1.I. The summed E-state index contributed by atoms with van der Waals surface area (Å²) in [6.07, 6.45) is 2.66. The van der Waals surface area contributed by atoms with Crippen LogP contribution in [0, 0.1) is 5.92 Å². The summed E-state index contributed by atoms with van der Waals surface area (Å²) in [7, 11) is 0. The van der Waals surface area contributed by atoms with E-state index >= 15 is 0 Å². The van der Waals surface area contributed by atoms with Gasteiger partial charge in [0, 0.05) is 31.6 Å². The number of para-hydroxylation sites is 1. The summed E-state index contributed by atoms with van der Waals surface area (Å²) >= 11 is 0. The van der Waals surface area contributed by atoms with E-state index in [9.17, 15) is 0 Å². The molecule has 0 spiro atoms. The highest BCUT2D eigenvalue weighted by atomic mass is 127.